The second-order valence-corrected chi connectivity index (χ2v) is 6.35. The standard InChI is InChI=1S/C15H18BrN5O/c16-13-9-5-4-8-12(13)15(22)17-10-14-18-19-20-21(14)11-6-2-1-3-7-11/h4-5,8-9,11H,1-3,6-7,10H2,(H,17,22). The highest BCUT2D eigenvalue weighted by Gasteiger charge is 2.20. The molecular formula is C15H18BrN5O. The molecule has 0 atom stereocenters. The van der Waals surface area contributed by atoms with Crippen molar-refractivity contribution in [2.24, 2.45) is 0 Å². The van der Waals surface area contributed by atoms with Crippen molar-refractivity contribution in [1.29, 1.82) is 0 Å². The molecule has 7 heteroatoms. The van der Waals surface area contributed by atoms with Gasteiger partial charge in [-0.1, -0.05) is 31.4 Å². The van der Waals surface area contributed by atoms with Crippen LogP contribution >= 0.6 is 15.9 Å². The van der Waals surface area contributed by atoms with E-state index in [1.165, 1.54) is 19.3 Å². The first-order chi connectivity index (χ1) is 10.8. The maximum Gasteiger partial charge on any atom is 0.252 e. The van der Waals surface area contributed by atoms with Gasteiger partial charge in [0.05, 0.1) is 18.2 Å². The molecule has 2 aromatic rings. The number of aromatic nitrogens is 4. The lowest BCUT2D eigenvalue weighted by Gasteiger charge is -2.22. The van der Waals surface area contributed by atoms with Gasteiger partial charge in [0.2, 0.25) is 0 Å². The number of hydrogen-bond acceptors (Lipinski definition) is 4. The number of tetrazole rings is 1. The van der Waals surface area contributed by atoms with Gasteiger partial charge in [-0.15, -0.1) is 5.10 Å². The number of halogens is 1. The lowest BCUT2D eigenvalue weighted by Crippen LogP contribution is -2.26. The van der Waals surface area contributed by atoms with Crippen LogP contribution in [0.25, 0.3) is 0 Å². The van der Waals surface area contributed by atoms with E-state index in [0.717, 1.165) is 17.3 Å². The molecule has 1 aliphatic rings. The normalized spacial score (nSPS) is 15.7. The lowest BCUT2D eigenvalue weighted by atomic mass is 9.95. The molecule has 1 fully saturated rings. The van der Waals surface area contributed by atoms with Crippen molar-refractivity contribution in [2.45, 2.75) is 44.7 Å². The van der Waals surface area contributed by atoms with E-state index in [9.17, 15) is 4.79 Å². The summed E-state index contributed by atoms with van der Waals surface area (Å²) >= 11 is 3.39. The molecule has 6 nitrogen and oxygen atoms in total. The van der Waals surface area contributed by atoms with Crippen molar-refractivity contribution in [1.82, 2.24) is 25.5 Å². The summed E-state index contributed by atoms with van der Waals surface area (Å²) in [4.78, 5) is 12.2. The summed E-state index contributed by atoms with van der Waals surface area (Å²) in [5.41, 5.74) is 0.610. The minimum Gasteiger partial charge on any atom is -0.345 e. The van der Waals surface area contributed by atoms with Crippen LogP contribution in [0.4, 0.5) is 0 Å². The molecule has 1 heterocycles. The molecular weight excluding hydrogens is 346 g/mol. The smallest absolute Gasteiger partial charge is 0.252 e. The molecule has 3 rings (SSSR count). The van der Waals surface area contributed by atoms with Crippen molar-refractivity contribution in [2.75, 3.05) is 0 Å². The number of hydrogen-bond donors (Lipinski definition) is 1. The summed E-state index contributed by atoms with van der Waals surface area (Å²) in [6.07, 6.45) is 5.93. The molecule has 116 valence electrons. The van der Waals surface area contributed by atoms with Crippen molar-refractivity contribution >= 4 is 21.8 Å². The van der Waals surface area contributed by atoms with Gasteiger partial charge >= 0.3 is 0 Å². The van der Waals surface area contributed by atoms with Crippen LogP contribution in [0.15, 0.2) is 28.7 Å². The number of nitrogens with one attached hydrogen (secondary N) is 1. The van der Waals surface area contributed by atoms with Crippen LogP contribution in [0, 0.1) is 0 Å². The van der Waals surface area contributed by atoms with E-state index in [1.807, 2.05) is 22.9 Å². The summed E-state index contributed by atoms with van der Waals surface area (Å²) in [6, 6.07) is 7.71. The van der Waals surface area contributed by atoms with E-state index in [2.05, 4.69) is 36.8 Å². The number of amides is 1. The van der Waals surface area contributed by atoms with Gasteiger partial charge in [0.1, 0.15) is 0 Å². The Balaban J connectivity index is 1.66. The number of rotatable bonds is 4. The highest BCUT2D eigenvalue weighted by atomic mass is 79.9. The number of nitrogens with zero attached hydrogens (tertiary/aromatic N) is 4. The summed E-state index contributed by atoms with van der Waals surface area (Å²) in [7, 11) is 0. The summed E-state index contributed by atoms with van der Waals surface area (Å²) < 4.78 is 2.65. The minimum atomic E-state index is -0.134. The van der Waals surface area contributed by atoms with Crippen LogP contribution in [-0.4, -0.2) is 26.1 Å². The van der Waals surface area contributed by atoms with Gasteiger partial charge in [-0.3, -0.25) is 4.79 Å². The quantitative estimate of drug-likeness (QED) is 0.906. The molecule has 22 heavy (non-hydrogen) atoms. The Morgan fingerprint density at radius 1 is 1.27 bits per heavy atom. The zero-order chi connectivity index (χ0) is 15.4. The largest absolute Gasteiger partial charge is 0.345 e. The minimum absolute atomic E-state index is 0.134. The molecule has 0 bridgehead atoms. The first-order valence-electron chi connectivity index (χ1n) is 7.55. The Labute approximate surface area is 137 Å². The molecule has 0 aliphatic heterocycles. The first kappa shape index (κ1) is 15.1. The summed E-state index contributed by atoms with van der Waals surface area (Å²) in [6.45, 7) is 0.337. The second kappa shape index (κ2) is 7.00. The Hall–Kier alpha value is -1.76. The van der Waals surface area contributed by atoms with E-state index < -0.39 is 0 Å². The van der Waals surface area contributed by atoms with Crippen LogP contribution in [0.3, 0.4) is 0 Å². The third kappa shape index (κ3) is 3.35. The van der Waals surface area contributed by atoms with Gasteiger partial charge in [-0.25, -0.2) is 4.68 Å². The Bertz CT molecular complexity index is 651. The van der Waals surface area contributed by atoms with Crippen molar-refractivity contribution in [3.63, 3.8) is 0 Å². The maximum atomic E-state index is 12.2. The third-order valence-corrected chi connectivity index (χ3v) is 4.70. The van der Waals surface area contributed by atoms with E-state index >= 15 is 0 Å². The van der Waals surface area contributed by atoms with Crippen LogP contribution in [0.1, 0.15) is 54.3 Å². The van der Waals surface area contributed by atoms with E-state index in [1.54, 1.807) is 6.07 Å². The highest BCUT2D eigenvalue weighted by Crippen LogP contribution is 2.27. The van der Waals surface area contributed by atoms with E-state index in [4.69, 9.17) is 0 Å². The van der Waals surface area contributed by atoms with Gasteiger partial charge in [0, 0.05) is 4.47 Å². The molecule has 0 spiro atoms. The van der Waals surface area contributed by atoms with Crippen LogP contribution < -0.4 is 5.32 Å². The topological polar surface area (TPSA) is 72.7 Å². The van der Waals surface area contributed by atoms with Crippen molar-refractivity contribution in [3.8, 4) is 0 Å². The molecule has 1 aliphatic carbocycles. The fourth-order valence-electron chi connectivity index (χ4n) is 2.84. The van der Waals surface area contributed by atoms with E-state index in [-0.39, 0.29) is 5.91 Å². The average Bonchev–Trinajstić information content (AvgIpc) is 3.02. The molecule has 1 aromatic heterocycles. The van der Waals surface area contributed by atoms with Gasteiger partial charge in [-0.05, 0) is 51.3 Å². The third-order valence-electron chi connectivity index (χ3n) is 4.01. The van der Waals surface area contributed by atoms with Gasteiger partial charge in [0.25, 0.3) is 5.91 Å². The van der Waals surface area contributed by atoms with Crippen molar-refractivity contribution < 1.29 is 4.79 Å². The molecule has 0 saturated heterocycles. The fraction of sp³-hybridized carbons (Fsp3) is 0.467. The van der Waals surface area contributed by atoms with Crippen LogP contribution in [0.2, 0.25) is 0 Å². The molecule has 1 N–H and O–H groups in total. The van der Waals surface area contributed by atoms with Gasteiger partial charge in [0.15, 0.2) is 5.82 Å². The highest BCUT2D eigenvalue weighted by molar-refractivity contribution is 9.10. The second-order valence-electron chi connectivity index (χ2n) is 5.49. The number of carbonyl (C=O) groups is 1. The van der Waals surface area contributed by atoms with E-state index in [0.29, 0.717) is 24.0 Å². The monoisotopic (exact) mass is 363 g/mol. The molecule has 1 aromatic carbocycles. The van der Waals surface area contributed by atoms with Gasteiger partial charge in [-0.2, -0.15) is 0 Å². The van der Waals surface area contributed by atoms with Gasteiger partial charge < -0.3 is 5.32 Å². The summed E-state index contributed by atoms with van der Waals surface area (Å²) in [5, 5.41) is 14.8. The van der Waals surface area contributed by atoms with Crippen LogP contribution in [-0.2, 0) is 6.54 Å². The predicted octanol–water partition coefficient (Wildman–Crippen LogP) is 2.87. The number of benzene rings is 1. The first-order valence-corrected chi connectivity index (χ1v) is 8.34. The summed E-state index contributed by atoms with van der Waals surface area (Å²) in [5.74, 6) is 0.581. The Morgan fingerprint density at radius 3 is 2.82 bits per heavy atom. The Kier molecular flexibility index (Phi) is 4.82. The van der Waals surface area contributed by atoms with Crippen molar-refractivity contribution in [3.05, 3.63) is 40.1 Å². The zero-order valence-corrected chi connectivity index (χ0v) is 13.8. The lowest BCUT2D eigenvalue weighted by molar-refractivity contribution is 0.0948. The number of carbonyl (C=O) groups excluding carboxylic acids is 1. The maximum absolute atomic E-state index is 12.2. The molecule has 1 saturated carbocycles. The SMILES string of the molecule is O=C(NCc1nnnn1C1CCCCC1)c1ccccc1Br. The molecule has 0 unspecified atom stereocenters. The molecule has 0 radical (unpaired) electrons. The zero-order valence-electron chi connectivity index (χ0n) is 12.2. The average molecular weight is 364 g/mol. The Morgan fingerprint density at radius 2 is 2.05 bits per heavy atom. The fourth-order valence-corrected chi connectivity index (χ4v) is 3.30. The molecule has 1 amide bonds. The van der Waals surface area contributed by atoms with Crippen LogP contribution in [0.5, 0.6) is 0 Å². The predicted molar refractivity (Wildman–Crippen MR) is 85.3 cm³/mol.